The normalized spacial score (nSPS) is 10.3. The number of benzene rings is 1. The summed E-state index contributed by atoms with van der Waals surface area (Å²) in [6, 6.07) is 5.81. The summed E-state index contributed by atoms with van der Waals surface area (Å²) < 4.78 is 5.34. The molecule has 2 rings (SSSR count). The highest BCUT2D eigenvalue weighted by molar-refractivity contribution is 7.20. The molecule has 0 saturated heterocycles. The van der Waals surface area contributed by atoms with Gasteiger partial charge in [0.1, 0.15) is 16.4 Å². The molecule has 1 aromatic carbocycles. The molecule has 3 N–H and O–H groups in total. The van der Waals surface area contributed by atoms with Crippen LogP contribution in [-0.2, 0) is 4.79 Å². The lowest BCUT2D eigenvalue weighted by atomic mass is 10.1. The van der Waals surface area contributed by atoms with Gasteiger partial charge in [0.2, 0.25) is 5.91 Å². The van der Waals surface area contributed by atoms with Gasteiger partial charge in [-0.05, 0) is 19.1 Å². The van der Waals surface area contributed by atoms with Crippen LogP contribution in [0.1, 0.15) is 18.9 Å². The third kappa shape index (κ3) is 2.91. The maximum absolute atomic E-state index is 11.4. The third-order valence-corrected chi connectivity index (χ3v) is 3.63. The zero-order chi connectivity index (χ0) is 14.7. The summed E-state index contributed by atoms with van der Waals surface area (Å²) in [5, 5.41) is 3.79. The lowest BCUT2D eigenvalue weighted by Crippen LogP contribution is -2.08. The fourth-order valence-electron chi connectivity index (χ4n) is 1.79. The molecule has 0 saturated carbocycles. The Balaban J connectivity index is 2.43. The van der Waals surface area contributed by atoms with Crippen molar-refractivity contribution in [3.05, 3.63) is 23.8 Å². The smallest absolute Gasteiger partial charge is 0.225 e. The van der Waals surface area contributed by atoms with Gasteiger partial charge in [0, 0.05) is 12.0 Å². The van der Waals surface area contributed by atoms with Gasteiger partial charge in [-0.25, -0.2) is 4.98 Å². The summed E-state index contributed by atoms with van der Waals surface area (Å²) in [7, 11) is 1.61. The number of hydrogen-bond acceptors (Lipinski definition) is 5. The number of aromatic nitrogens is 1. The Labute approximate surface area is 121 Å². The van der Waals surface area contributed by atoms with Crippen molar-refractivity contribution in [1.29, 1.82) is 0 Å². The Bertz CT molecular complexity index is 637. The van der Waals surface area contributed by atoms with E-state index in [2.05, 4.69) is 10.3 Å². The van der Waals surface area contributed by atoms with Gasteiger partial charge in [-0.15, -0.1) is 0 Å². The average molecular weight is 291 g/mol. The first kappa shape index (κ1) is 14.3. The van der Waals surface area contributed by atoms with Crippen LogP contribution in [0.2, 0.25) is 0 Å². The molecule has 1 aromatic heterocycles. The predicted octanol–water partition coefficient (Wildman–Crippen LogP) is 3.06. The van der Waals surface area contributed by atoms with Crippen LogP contribution in [-0.4, -0.2) is 18.0 Å². The first-order chi connectivity index (χ1) is 9.55. The van der Waals surface area contributed by atoms with Crippen LogP contribution in [0.5, 0.6) is 5.75 Å². The molecular weight excluding hydrogens is 274 g/mol. The molecule has 0 atom stereocenters. The van der Waals surface area contributed by atoms with E-state index in [0.29, 0.717) is 28.0 Å². The van der Waals surface area contributed by atoms with Crippen molar-refractivity contribution in [2.75, 3.05) is 18.2 Å². The predicted molar refractivity (Wildman–Crippen MR) is 82.2 cm³/mol. The van der Waals surface area contributed by atoms with Gasteiger partial charge < -0.3 is 15.8 Å². The second-order valence-electron chi connectivity index (χ2n) is 4.34. The number of rotatable bonds is 4. The van der Waals surface area contributed by atoms with Gasteiger partial charge in [-0.1, -0.05) is 29.9 Å². The first-order valence-corrected chi connectivity index (χ1v) is 7.08. The number of aryl methyl sites for hydroxylation is 1. The summed E-state index contributed by atoms with van der Waals surface area (Å²) in [6.45, 7) is 3.78. The number of amides is 1. The molecule has 0 aliphatic heterocycles. The summed E-state index contributed by atoms with van der Waals surface area (Å²) in [6.07, 6.45) is 0.405. The molecule has 0 fully saturated rings. The fraction of sp³-hybridized carbons (Fsp3) is 0.286. The van der Waals surface area contributed by atoms with Crippen LogP contribution < -0.4 is 15.8 Å². The molecule has 0 aliphatic rings. The average Bonchev–Trinajstić information content (AvgIpc) is 2.79. The van der Waals surface area contributed by atoms with Gasteiger partial charge in [0.25, 0.3) is 0 Å². The highest BCUT2D eigenvalue weighted by Crippen LogP contribution is 2.38. The number of nitrogens with one attached hydrogen (secondary N) is 1. The Morgan fingerprint density at radius 3 is 2.90 bits per heavy atom. The monoisotopic (exact) mass is 291 g/mol. The number of hydrogen-bond donors (Lipinski definition) is 2. The Hall–Kier alpha value is -2.08. The highest BCUT2D eigenvalue weighted by Gasteiger charge is 2.16. The quantitative estimate of drug-likeness (QED) is 0.907. The van der Waals surface area contributed by atoms with Gasteiger partial charge in [0.15, 0.2) is 5.13 Å². The van der Waals surface area contributed by atoms with Crippen LogP contribution in [0.4, 0.5) is 10.1 Å². The van der Waals surface area contributed by atoms with E-state index in [1.54, 1.807) is 14.0 Å². The fourth-order valence-corrected chi connectivity index (χ4v) is 2.56. The van der Waals surface area contributed by atoms with E-state index in [9.17, 15) is 4.79 Å². The molecular formula is C14H17N3O2S. The van der Waals surface area contributed by atoms with E-state index in [1.807, 2.05) is 25.1 Å². The Morgan fingerprint density at radius 1 is 1.50 bits per heavy atom. The van der Waals surface area contributed by atoms with Crippen molar-refractivity contribution in [3.63, 3.8) is 0 Å². The Kier molecular flexibility index (Phi) is 4.24. The summed E-state index contributed by atoms with van der Waals surface area (Å²) >= 11 is 1.26. The summed E-state index contributed by atoms with van der Waals surface area (Å²) in [4.78, 5) is 15.8. The van der Waals surface area contributed by atoms with Crippen molar-refractivity contribution >= 4 is 27.4 Å². The zero-order valence-corrected chi connectivity index (χ0v) is 12.5. The van der Waals surface area contributed by atoms with Crippen molar-refractivity contribution < 1.29 is 9.53 Å². The maximum atomic E-state index is 11.4. The maximum Gasteiger partial charge on any atom is 0.225 e. The Morgan fingerprint density at radius 2 is 2.25 bits per heavy atom. The topological polar surface area (TPSA) is 77.2 Å². The molecule has 0 unspecified atom stereocenters. The summed E-state index contributed by atoms with van der Waals surface area (Å²) in [5.74, 6) is 0.627. The molecule has 106 valence electrons. The van der Waals surface area contributed by atoms with E-state index in [1.165, 1.54) is 11.3 Å². The SMILES string of the molecule is CCC(=O)Nc1nc(-c2cc(C)ccc2OC)c(N)s1. The molecule has 20 heavy (non-hydrogen) atoms. The van der Waals surface area contributed by atoms with Crippen LogP contribution in [0, 0.1) is 6.92 Å². The van der Waals surface area contributed by atoms with E-state index in [0.717, 1.165) is 11.1 Å². The number of anilines is 2. The molecule has 0 bridgehead atoms. The molecule has 6 heteroatoms. The minimum atomic E-state index is -0.0819. The van der Waals surface area contributed by atoms with Gasteiger partial charge in [0.05, 0.1) is 7.11 Å². The van der Waals surface area contributed by atoms with Gasteiger partial charge >= 0.3 is 0 Å². The van der Waals surface area contributed by atoms with E-state index < -0.39 is 0 Å². The minimum absolute atomic E-state index is 0.0819. The first-order valence-electron chi connectivity index (χ1n) is 6.26. The molecule has 5 nitrogen and oxygen atoms in total. The number of thiazole rings is 1. The molecule has 0 spiro atoms. The number of carbonyl (C=O) groups excluding carboxylic acids is 1. The van der Waals surface area contributed by atoms with Crippen molar-refractivity contribution in [2.45, 2.75) is 20.3 Å². The van der Waals surface area contributed by atoms with Gasteiger partial charge in [-0.2, -0.15) is 0 Å². The van der Waals surface area contributed by atoms with Crippen LogP contribution in [0.3, 0.4) is 0 Å². The van der Waals surface area contributed by atoms with Crippen LogP contribution >= 0.6 is 11.3 Å². The summed E-state index contributed by atoms with van der Waals surface area (Å²) in [5.41, 5.74) is 8.58. The van der Waals surface area contributed by atoms with Gasteiger partial charge in [-0.3, -0.25) is 4.79 Å². The van der Waals surface area contributed by atoms with Crippen LogP contribution in [0.25, 0.3) is 11.3 Å². The molecule has 1 heterocycles. The second kappa shape index (κ2) is 5.92. The number of nitrogens with two attached hydrogens (primary N) is 1. The highest BCUT2D eigenvalue weighted by atomic mass is 32.1. The standard InChI is InChI=1S/C14H17N3O2S/c1-4-11(18)16-14-17-12(13(15)20-14)9-7-8(2)5-6-10(9)19-3/h5-7H,4,15H2,1-3H3,(H,16,17,18). The van der Waals surface area contributed by atoms with Crippen LogP contribution in [0.15, 0.2) is 18.2 Å². The lowest BCUT2D eigenvalue weighted by Gasteiger charge is -2.07. The number of nitrogens with zero attached hydrogens (tertiary/aromatic N) is 1. The van der Waals surface area contributed by atoms with Crippen molar-refractivity contribution in [3.8, 4) is 17.0 Å². The molecule has 0 aliphatic carbocycles. The molecule has 1 amide bonds. The number of ether oxygens (including phenoxy) is 1. The van der Waals surface area contributed by atoms with Crippen molar-refractivity contribution in [2.24, 2.45) is 0 Å². The van der Waals surface area contributed by atoms with E-state index in [-0.39, 0.29) is 5.91 Å². The van der Waals surface area contributed by atoms with Crippen molar-refractivity contribution in [1.82, 2.24) is 4.98 Å². The lowest BCUT2D eigenvalue weighted by molar-refractivity contribution is -0.115. The number of methoxy groups -OCH3 is 1. The third-order valence-electron chi connectivity index (χ3n) is 2.83. The van der Waals surface area contributed by atoms with E-state index >= 15 is 0 Å². The number of nitrogen functional groups attached to an aromatic ring is 1. The largest absolute Gasteiger partial charge is 0.496 e. The zero-order valence-electron chi connectivity index (χ0n) is 11.7. The second-order valence-corrected chi connectivity index (χ2v) is 5.37. The number of carbonyl (C=O) groups is 1. The van der Waals surface area contributed by atoms with E-state index in [4.69, 9.17) is 10.5 Å². The molecule has 0 radical (unpaired) electrons. The molecule has 2 aromatic rings. The minimum Gasteiger partial charge on any atom is -0.496 e.